The molecule has 0 saturated heterocycles. The monoisotopic (exact) mass is 350 g/mol. The standard InChI is InChI=1S/C18H39O4P/c1-5-8-11-14-17(15-12-9-6-2)18(4,16-13-10-7-3)22-23(19,20)21/h17H,5-16H2,1-4H3,(H2,19,20,21). The van der Waals surface area contributed by atoms with Gasteiger partial charge in [0.15, 0.2) is 0 Å². The van der Waals surface area contributed by atoms with E-state index >= 15 is 0 Å². The molecule has 2 N–H and O–H groups in total. The minimum atomic E-state index is -4.47. The van der Waals surface area contributed by atoms with Crippen molar-refractivity contribution in [3.8, 4) is 0 Å². The lowest BCUT2D eigenvalue weighted by Gasteiger charge is -2.38. The molecule has 0 spiro atoms. The number of unbranched alkanes of at least 4 members (excludes halogenated alkanes) is 6. The summed E-state index contributed by atoms with van der Waals surface area (Å²) in [6, 6.07) is 0. The summed E-state index contributed by atoms with van der Waals surface area (Å²) in [7, 11) is -4.47. The lowest BCUT2D eigenvalue weighted by atomic mass is 9.78. The van der Waals surface area contributed by atoms with Crippen LogP contribution in [0.3, 0.4) is 0 Å². The van der Waals surface area contributed by atoms with E-state index in [1.54, 1.807) is 0 Å². The molecule has 5 heteroatoms. The Morgan fingerprint density at radius 2 is 1.30 bits per heavy atom. The second-order valence-corrected chi connectivity index (χ2v) is 8.20. The van der Waals surface area contributed by atoms with Gasteiger partial charge in [0.1, 0.15) is 0 Å². The van der Waals surface area contributed by atoms with E-state index in [9.17, 15) is 14.4 Å². The van der Waals surface area contributed by atoms with Gasteiger partial charge in [-0.25, -0.2) is 4.57 Å². The van der Waals surface area contributed by atoms with Gasteiger partial charge in [0, 0.05) is 0 Å². The Labute approximate surface area is 143 Å². The molecule has 0 radical (unpaired) electrons. The van der Waals surface area contributed by atoms with Crippen molar-refractivity contribution in [3.63, 3.8) is 0 Å². The fourth-order valence-corrected chi connectivity index (χ4v) is 4.14. The van der Waals surface area contributed by atoms with Crippen LogP contribution in [0.15, 0.2) is 0 Å². The third-order valence-electron chi connectivity index (χ3n) is 4.78. The topological polar surface area (TPSA) is 66.8 Å². The first-order valence-corrected chi connectivity index (χ1v) is 11.1. The molecule has 1 atom stereocenters. The summed E-state index contributed by atoms with van der Waals surface area (Å²) in [4.78, 5) is 18.8. The molecule has 4 nitrogen and oxygen atoms in total. The molecule has 140 valence electrons. The quantitative estimate of drug-likeness (QED) is 0.272. The van der Waals surface area contributed by atoms with Crippen LogP contribution in [0.2, 0.25) is 0 Å². The van der Waals surface area contributed by atoms with Crippen molar-refractivity contribution in [2.75, 3.05) is 0 Å². The minimum Gasteiger partial charge on any atom is -0.303 e. The SMILES string of the molecule is CCCCCC(CCCCC)C(C)(CCCCC)OP(=O)(O)O. The van der Waals surface area contributed by atoms with Crippen molar-refractivity contribution < 1.29 is 18.9 Å². The molecule has 0 bridgehead atoms. The van der Waals surface area contributed by atoms with E-state index in [0.29, 0.717) is 0 Å². The summed E-state index contributed by atoms with van der Waals surface area (Å²) >= 11 is 0. The Bertz CT molecular complexity index is 319. The van der Waals surface area contributed by atoms with Crippen LogP contribution in [0.4, 0.5) is 0 Å². The van der Waals surface area contributed by atoms with Gasteiger partial charge in [-0.05, 0) is 32.1 Å². The van der Waals surface area contributed by atoms with Crippen LogP contribution in [-0.2, 0) is 9.09 Å². The van der Waals surface area contributed by atoms with Crippen LogP contribution in [-0.4, -0.2) is 15.4 Å². The third-order valence-corrected chi connectivity index (χ3v) is 5.43. The van der Waals surface area contributed by atoms with Crippen LogP contribution in [0, 0.1) is 5.92 Å². The van der Waals surface area contributed by atoms with Crippen molar-refractivity contribution in [2.24, 2.45) is 5.92 Å². The van der Waals surface area contributed by atoms with Crippen molar-refractivity contribution in [2.45, 2.75) is 110 Å². The summed E-state index contributed by atoms with van der Waals surface area (Å²) in [6.07, 6.45) is 12.8. The molecule has 0 aliphatic carbocycles. The summed E-state index contributed by atoms with van der Waals surface area (Å²) in [5, 5.41) is 0. The van der Waals surface area contributed by atoms with E-state index in [1.807, 2.05) is 6.92 Å². The normalized spacial score (nSPS) is 15.1. The van der Waals surface area contributed by atoms with Gasteiger partial charge in [0.05, 0.1) is 5.60 Å². The summed E-state index contributed by atoms with van der Waals surface area (Å²) < 4.78 is 16.9. The zero-order valence-corrected chi connectivity index (χ0v) is 16.6. The van der Waals surface area contributed by atoms with Gasteiger partial charge in [0.25, 0.3) is 0 Å². The van der Waals surface area contributed by atoms with Gasteiger partial charge in [-0.3, -0.25) is 4.52 Å². The fourth-order valence-electron chi connectivity index (χ4n) is 3.36. The smallest absolute Gasteiger partial charge is 0.303 e. The van der Waals surface area contributed by atoms with Crippen LogP contribution in [0.1, 0.15) is 105 Å². The van der Waals surface area contributed by atoms with Crippen LogP contribution >= 0.6 is 7.82 Å². The van der Waals surface area contributed by atoms with Gasteiger partial charge in [0.2, 0.25) is 0 Å². The molecule has 0 aliphatic heterocycles. The van der Waals surface area contributed by atoms with E-state index in [4.69, 9.17) is 4.52 Å². The van der Waals surface area contributed by atoms with Crippen molar-refractivity contribution in [1.29, 1.82) is 0 Å². The lowest BCUT2D eigenvalue weighted by Crippen LogP contribution is -2.37. The maximum Gasteiger partial charge on any atom is 0.470 e. The van der Waals surface area contributed by atoms with E-state index < -0.39 is 13.4 Å². The predicted molar refractivity (Wildman–Crippen MR) is 97.5 cm³/mol. The van der Waals surface area contributed by atoms with E-state index in [-0.39, 0.29) is 5.92 Å². The largest absolute Gasteiger partial charge is 0.470 e. The Hall–Kier alpha value is 0.110. The zero-order valence-electron chi connectivity index (χ0n) is 15.7. The summed E-state index contributed by atoms with van der Waals surface area (Å²) in [6.45, 7) is 8.42. The molecule has 0 heterocycles. The first-order valence-electron chi connectivity index (χ1n) is 9.55. The lowest BCUT2D eigenvalue weighted by molar-refractivity contribution is -0.0182. The molecule has 23 heavy (non-hydrogen) atoms. The molecule has 0 aromatic rings. The Balaban J connectivity index is 5.01. The van der Waals surface area contributed by atoms with Gasteiger partial charge in [-0.15, -0.1) is 0 Å². The highest BCUT2D eigenvalue weighted by Crippen LogP contribution is 2.48. The first kappa shape index (κ1) is 23.1. The maximum absolute atomic E-state index is 11.5. The van der Waals surface area contributed by atoms with Gasteiger partial charge < -0.3 is 9.79 Å². The van der Waals surface area contributed by atoms with Gasteiger partial charge >= 0.3 is 7.82 Å². The summed E-state index contributed by atoms with van der Waals surface area (Å²) in [5.74, 6) is 0.227. The van der Waals surface area contributed by atoms with Crippen LogP contribution in [0.25, 0.3) is 0 Å². The zero-order chi connectivity index (χ0) is 17.8. The molecule has 0 amide bonds. The molecule has 0 aromatic heterocycles. The Morgan fingerprint density at radius 1 is 0.870 bits per heavy atom. The summed E-state index contributed by atoms with van der Waals surface area (Å²) in [5.41, 5.74) is -0.713. The van der Waals surface area contributed by atoms with Crippen molar-refractivity contribution >= 4 is 7.82 Å². The average Bonchev–Trinajstić information content (AvgIpc) is 2.44. The molecule has 0 rings (SSSR count). The minimum absolute atomic E-state index is 0.227. The molecule has 1 unspecified atom stereocenters. The predicted octanol–water partition coefficient (Wildman–Crippen LogP) is 6.21. The number of phosphoric ester groups is 1. The third kappa shape index (κ3) is 11.3. The van der Waals surface area contributed by atoms with Crippen LogP contribution in [0.5, 0.6) is 0 Å². The number of hydrogen-bond donors (Lipinski definition) is 2. The van der Waals surface area contributed by atoms with Gasteiger partial charge in [-0.1, -0.05) is 78.6 Å². The van der Waals surface area contributed by atoms with Crippen molar-refractivity contribution in [1.82, 2.24) is 0 Å². The first-order chi connectivity index (χ1) is 10.8. The average molecular weight is 350 g/mol. The van der Waals surface area contributed by atoms with Gasteiger partial charge in [-0.2, -0.15) is 0 Å². The molecule has 0 aliphatic rings. The molecule has 0 aromatic carbocycles. The highest BCUT2D eigenvalue weighted by molar-refractivity contribution is 7.46. The molecule has 0 saturated carbocycles. The fraction of sp³-hybridized carbons (Fsp3) is 1.00. The second-order valence-electron chi connectivity index (χ2n) is 7.04. The maximum atomic E-state index is 11.5. The molecular weight excluding hydrogens is 311 g/mol. The van der Waals surface area contributed by atoms with E-state index in [0.717, 1.165) is 64.2 Å². The Morgan fingerprint density at radius 3 is 1.70 bits per heavy atom. The van der Waals surface area contributed by atoms with Crippen LogP contribution < -0.4 is 0 Å². The Kier molecular flexibility index (Phi) is 12.5. The number of rotatable bonds is 15. The van der Waals surface area contributed by atoms with E-state index in [2.05, 4.69) is 20.8 Å². The van der Waals surface area contributed by atoms with E-state index in [1.165, 1.54) is 12.8 Å². The van der Waals surface area contributed by atoms with Crippen molar-refractivity contribution in [3.05, 3.63) is 0 Å². The second kappa shape index (κ2) is 12.5. The molecular formula is C18H39O4P. The highest BCUT2D eigenvalue weighted by Gasteiger charge is 2.39. The molecule has 0 fully saturated rings. The number of hydrogen-bond acceptors (Lipinski definition) is 2. The number of phosphoric acid groups is 1. The highest BCUT2D eigenvalue weighted by atomic mass is 31.2.